The fourth-order valence-electron chi connectivity index (χ4n) is 1.72. The minimum atomic E-state index is 0.616. The summed E-state index contributed by atoms with van der Waals surface area (Å²) in [5.74, 6) is 0. The first-order valence-corrected chi connectivity index (χ1v) is 7.49. The molecule has 2 nitrogen and oxygen atoms in total. The molecule has 0 heterocycles. The number of hydrogen-bond donors (Lipinski definition) is 0. The third kappa shape index (κ3) is 7.77. The summed E-state index contributed by atoms with van der Waals surface area (Å²) < 4.78 is 11.2. The Morgan fingerprint density at radius 2 is 1.14 bits per heavy atom. The molecule has 0 radical (unpaired) electrons. The van der Waals surface area contributed by atoms with E-state index in [0.717, 1.165) is 35.1 Å². The van der Waals surface area contributed by atoms with Crippen molar-refractivity contribution in [3.8, 4) is 0 Å². The zero-order valence-corrected chi connectivity index (χ0v) is 13.4. The van der Waals surface area contributed by atoms with E-state index in [1.54, 1.807) is 12.2 Å². The highest BCUT2D eigenvalue weighted by Gasteiger charge is 1.97. The first-order chi connectivity index (χ1) is 10.7. The lowest BCUT2D eigenvalue weighted by molar-refractivity contribution is 0.122. The van der Waals surface area contributed by atoms with Gasteiger partial charge in [-0.2, -0.15) is 0 Å². The molecule has 0 amide bonds. The van der Waals surface area contributed by atoms with E-state index >= 15 is 0 Å². The summed E-state index contributed by atoms with van der Waals surface area (Å²) in [5.41, 5.74) is 4.33. The maximum absolute atomic E-state index is 5.61. The summed E-state index contributed by atoms with van der Waals surface area (Å²) >= 11 is 0. The van der Waals surface area contributed by atoms with E-state index in [0.29, 0.717) is 26.4 Å². The second-order valence-electron chi connectivity index (χ2n) is 5.15. The van der Waals surface area contributed by atoms with Crippen molar-refractivity contribution in [3.05, 3.63) is 85.0 Å². The Morgan fingerprint density at radius 1 is 0.773 bits per heavy atom. The highest BCUT2D eigenvalue weighted by Crippen LogP contribution is 2.09. The predicted molar refractivity (Wildman–Crippen MR) is 93.7 cm³/mol. The van der Waals surface area contributed by atoms with E-state index in [2.05, 4.69) is 50.6 Å². The van der Waals surface area contributed by atoms with Crippen molar-refractivity contribution in [2.45, 2.75) is 26.1 Å². The van der Waals surface area contributed by atoms with Crippen LogP contribution in [0.2, 0.25) is 0 Å². The van der Waals surface area contributed by atoms with Crippen LogP contribution in [0.3, 0.4) is 0 Å². The summed E-state index contributed by atoms with van der Waals surface area (Å²) in [4.78, 5) is 0. The molecule has 0 atom stereocenters. The monoisotopic (exact) mass is 298 g/mol. The normalized spacial score (nSPS) is 10.2. The van der Waals surface area contributed by atoms with Crippen LogP contribution in [0.15, 0.2) is 73.9 Å². The first kappa shape index (κ1) is 18.1. The van der Waals surface area contributed by atoms with E-state index in [-0.39, 0.29) is 0 Å². The van der Waals surface area contributed by atoms with E-state index in [1.165, 1.54) is 0 Å². The number of hydrogen-bond acceptors (Lipinski definition) is 2. The molecule has 0 unspecified atom stereocenters. The average molecular weight is 298 g/mol. The number of rotatable bonds is 12. The highest BCUT2D eigenvalue weighted by atomic mass is 16.5. The van der Waals surface area contributed by atoms with Crippen LogP contribution >= 0.6 is 0 Å². The molecular weight excluding hydrogens is 272 g/mol. The van der Waals surface area contributed by atoms with Gasteiger partial charge < -0.3 is 9.47 Å². The minimum Gasteiger partial charge on any atom is -0.376 e. The Bertz CT molecular complexity index is 450. The van der Waals surface area contributed by atoms with Gasteiger partial charge in [-0.05, 0) is 24.0 Å². The van der Waals surface area contributed by atoms with Crippen molar-refractivity contribution < 1.29 is 9.47 Å². The van der Waals surface area contributed by atoms with Gasteiger partial charge in [-0.15, -0.1) is 0 Å². The Balaban J connectivity index is 2.22. The molecular formula is C20H26O2. The fourth-order valence-corrected chi connectivity index (χ4v) is 1.72. The van der Waals surface area contributed by atoms with Gasteiger partial charge in [-0.3, -0.25) is 0 Å². The minimum absolute atomic E-state index is 0.616. The van der Waals surface area contributed by atoms with Crippen molar-refractivity contribution in [1.82, 2.24) is 0 Å². The van der Waals surface area contributed by atoms with Gasteiger partial charge in [0.05, 0.1) is 26.4 Å². The number of allylic oxidation sites excluding steroid dienone is 2. The van der Waals surface area contributed by atoms with Crippen molar-refractivity contribution in [1.29, 1.82) is 0 Å². The maximum Gasteiger partial charge on any atom is 0.0717 e. The van der Waals surface area contributed by atoms with Crippen LogP contribution < -0.4 is 0 Å². The lowest BCUT2D eigenvalue weighted by Gasteiger charge is -2.07. The third-order valence-electron chi connectivity index (χ3n) is 3.27. The number of benzene rings is 1. The summed E-state index contributed by atoms with van der Waals surface area (Å²) in [6.45, 7) is 17.6. The Hall–Kier alpha value is -1.90. The van der Waals surface area contributed by atoms with Gasteiger partial charge in [0, 0.05) is 0 Å². The van der Waals surface area contributed by atoms with Gasteiger partial charge in [0.15, 0.2) is 0 Å². The molecule has 0 N–H and O–H groups in total. The molecule has 0 bridgehead atoms. The molecule has 1 aromatic rings. The van der Waals surface area contributed by atoms with E-state index in [9.17, 15) is 0 Å². The molecule has 0 saturated heterocycles. The standard InChI is InChI=1S/C20H26O2/c1-5-17(3)11-13-21-15-19-7-9-20(10-8-19)16-22-14-12-18(4)6-2/h5-10H,1-4,11-16H2. The average Bonchev–Trinajstić information content (AvgIpc) is 2.56. The summed E-state index contributed by atoms with van der Waals surface area (Å²) in [6.07, 6.45) is 5.18. The van der Waals surface area contributed by atoms with Crippen LogP contribution in [0.4, 0.5) is 0 Å². The van der Waals surface area contributed by atoms with Crippen LogP contribution in [0, 0.1) is 0 Å². The summed E-state index contributed by atoms with van der Waals surface area (Å²) in [7, 11) is 0. The van der Waals surface area contributed by atoms with Crippen LogP contribution in [0.1, 0.15) is 24.0 Å². The van der Waals surface area contributed by atoms with Crippen LogP contribution in [0.5, 0.6) is 0 Å². The molecule has 1 rings (SSSR count). The first-order valence-electron chi connectivity index (χ1n) is 7.49. The zero-order valence-electron chi connectivity index (χ0n) is 13.4. The van der Waals surface area contributed by atoms with Gasteiger partial charge in [0.1, 0.15) is 0 Å². The lowest BCUT2D eigenvalue weighted by Crippen LogP contribution is -1.98. The predicted octanol–water partition coefficient (Wildman–Crippen LogP) is 4.98. The molecule has 1 aromatic carbocycles. The van der Waals surface area contributed by atoms with E-state index < -0.39 is 0 Å². The number of ether oxygens (including phenoxy) is 2. The van der Waals surface area contributed by atoms with Crippen molar-refractivity contribution in [3.63, 3.8) is 0 Å². The Kier molecular flexibility index (Phi) is 8.89. The maximum atomic E-state index is 5.61. The molecule has 0 spiro atoms. The van der Waals surface area contributed by atoms with Gasteiger partial charge in [0.2, 0.25) is 0 Å². The quantitative estimate of drug-likeness (QED) is 0.400. The zero-order chi connectivity index (χ0) is 16.2. The molecule has 2 heteroatoms. The van der Waals surface area contributed by atoms with E-state index in [1.807, 2.05) is 0 Å². The van der Waals surface area contributed by atoms with Crippen LogP contribution in [0.25, 0.3) is 0 Å². The lowest BCUT2D eigenvalue weighted by atomic mass is 10.1. The SMILES string of the molecule is C=CC(=C)CCOCc1ccc(COCCC(=C)C=C)cc1. The molecule has 0 fully saturated rings. The summed E-state index contributed by atoms with van der Waals surface area (Å²) in [5, 5.41) is 0. The molecule has 118 valence electrons. The highest BCUT2D eigenvalue weighted by molar-refractivity contribution is 5.21. The second kappa shape index (κ2) is 10.8. The van der Waals surface area contributed by atoms with Gasteiger partial charge in [0.25, 0.3) is 0 Å². The molecule has 0 aliphatic rings. The molecule has 0 aliphatic carbocycles. The summed E-state index contributed by atoms with van der Waals surface area (Å²) in [6, 6.07) is 8.29. The molecule has 0 aromatic heterocycles. The Labute approximate surface area is 134 Å². The van der Waals surface area contributed by atoms with Gasteiger partial charge in [-0.1, -0.05) is 73.9 Å². The largest absolute Gasteiger partial charge is 0.376 e. The molecule has 0 saturated carbocycles. The van der Waals surface area contributed by atoms with Crippen LogP contribution in [-0.4, -0.2) is 13.2 Å². The van der Waals surface area contributed by atoms with Crippen LogP contribution in [-0.2, 0) is 22.7 Å². The van der Waals surface area contributed by atoms with Gasteiger partial charge >= 0.3 is 0 Å². The van der Waals surface area contributed by atoms with Crippen molar-refractivity contribution in [2.24, 2.45) is 0 Å². The second-order valence-corrected chi connectivity index (χ2v) is 5.15. The topological polar surface area (TPSA) is 18.5 Å². The Morgan fingerprint density at radius 3 is 1.45 bits per heavy atom. The molecule has 22 heavy (non-hydrogen) atoms. The van der Waals surface area contributed by atoms with Gasteiger partial charge in [-0.25, -0.2) is 0 Å². The fraction of sp³-hybridized carbons (Fsp3) is 0.300. The van der Waals surface area contributed by atoms with Crippen molar-refractivity contribution in [2.75, 3.05) is 13.2 Å². The van der Waals surface area contributed by atoms with Crippen molar-refractivity contribution >= 4 is 0 Å². The third-order valence-corrected chi connectivity index (χ3v) is 3.27. The molecule has 0 aliphatic heterocycles. The van der Waals surface area contributed by atoms with E-state index in [4.69, 9.17) is 9.47 Å². The smallest absolute Gasteiger partial charge is 0.0717 e.